The highest BCUT2D eigenvalue weighted by molar-refractivity contribution is 6.74. The van der Waals surface area contributed by atoms with Gasteiger partial charge in [0.25, 0.3) is 0 Å². The fraction of sp³-hybridized carbons (Fsp3) is 0.800. The predicted molar refractivity (Wildman–Crippen MR) is 82.9 cm³/mol. The molecule has 4 heteroatoms. The summed E-state index contributed by atoms with van der Waals surface area (Å²) in [4.78, 5) is 10.4. The van der Waals surface area contributed by atoms with Crippen molar-refractivity contribution >= 4 is 14.3 Å². The van der Waals surface area contributed by atoms with E-state index in [0.717, 1.165) is 19.4 Å². The Bertz CT molecular complexity index is 325. The van der Waals surface area contributed by atoms with Gasteiger partial charge in [-0.1, -0.05) is 40.7 Å². The maximum absolute atomic E-state index is 10.4. The Kier molecular flexibility index (Phi) is 6.49. The monoisotopic (exact) mass is 286 g/mol. The largest absolute Gasteiger partial charge is 0.478 e. The lowest BCUT2D eigenvalue weighted by atomic mass is 9.86. The summed E-state index contributed by atoms with van der Waals surface area (Å²) in [6, 6.07) is 0. The molecule has 1 N–H and O–H groups in total. The van der Waals surface area contributed by atoms with Gasteiger partial charge in [-0.2, -0.15) is 0 Å². The van der Waals surface area contributed by atoms with Crippen molar-refractivity contribution in [3.05, 3.63) is 12.2 Å². The molecule has 0 saturated heterocycles. The van der Waals surface area contributed by atoms with Gasteiger partial charge in [0.05, 0.1) is 0 Å². The second-order valence-corrected chi connectivity index (χ2v) is 12.3. The first-order valence-electron chi connectivity index (χ1n) is 6.91. The first kappa shape index (κ1) is 18.4. The first-order chi connectivity index (χ1) is 8.37. The van der Waals surface area contributed by atoms with Crippen LogP contribution in [0.1, 0.15) is 47.5 Å². The average molecular weight is 286 g/mol. The highest BCUT2D eigenvalue weighted by atomic mass is 28.4. The van der Waals surface area contributed by atoms with E-state index >= 15 is 0 Å². The number of carbonyl (C=O) groups is 1. The number of hydrogen-bond acceptors (Lipinski definition) is 2. The summed E-state index contributed by atoms with van der Waals surface area (Å²) in [5.41, 5.74) is 0.0777. The molecule has 0 spiro atoms. The zero-order valence-electron chi connectivity index (χ0n) is 13.5. The lowest BCUT2D eigenvalue weighted by Crippen LogP contribution is -2.41. The molecule has 0 aliphatic carbocycles. The summed E-state index contributed by atoms with van der Waals surface area (Å²) in [6.07, 6.45) is 4.66. The Balaban J connectivity index is 4.22. The van der Waals surface area contributed by atoms with E-state index in [0.29, 0.717) is 0 Å². The Morgan fingerprint density at radius 2 is 1.74 bits per heavy atom. The number of carboxylic acid groups (broad SMARTS) is 1. The Hall–Kier alpha value is -0.613. The van der Waals surface area contributed by atoms with E-state index in [1.54, 1.807) is 6.08 Å². The minimum absolute atomic E-state index is 0.0777. The van der Waals surface area contributed by atoms with E-state index in [-0.39, 0.29) is 10.5 Å². The number of rotatable bonds is 7. The third-order valence-corrected chi connectivity index (χ3v) is 8.52. The van der Waals surface area contributed by atoms with Crippen molar-refractivity contribution in [2.24, 2.45) is 5.41 Å². The van der Waals surface area contributed by atoms with Gasteiger partial charge in [-0.3, -0.25) is 0 Å². The van der Waals surface area contributed by atoms with Gasteiger partial charge >= 0.3 is 5.97 Å². The molecule has 0 radical (unpaired) electrons. The van der Waals surface area contributed by atoms with Crippen molar-refractivity contribution in [3.63, 3.8) is 0 Å². The first-order valence-corrected chi connectivity index (χ1v) is 9.82. The molecular formula is C15H30O3Si. The van der Waals surface area contributed by atoms with Crippen molar-refractivity contribution in [2.75, 3.05) is 6.61 Å². The van der Waals surface area contributed by atoms with E-state index < -0.39 is 14.3 Å². The Labute approximate surface area is 119 Å². The molecule has 3 nitrogen and oxygen atoms in total. The third-order valence-electron chi connectivity index (χ3n) is 3.98. The topological polar surface area (TPSA) is 46.5 Å². The summed E-state index contributed by atoms with van der Waals surface area (Å²) in [7, 11) is -1.67. The Morgan fingerprint density at radius 1 is 1.21 bits per heavy atom. The van der Waals surface area contributed by atoms with Crippen molar-refractivity contribution in [3.8, 4) is 0 Å². The van der Waals surface area contributed by atoms with Crippen molar-refractivity contribution < 1.29 is 14.3 Å². The molecule has 0 rings (SSSR count). The Morgan fingerprint density at radius 3 is 2.16 bits per heavy atom. The van der Waals surface area contributed by atoms with Crippen molar-refractivity contribution in [1.29, 1.82) is 0 Å². The fourth-order valence-electron chi connectivity index (χ4n) is 1.38. The molecule has 0 aromatic heterocycles. The van der Waals surface area contributed by atoms with Gasteiger partial charge in [-0.15, -0.1) is 0 Å². The molecule has 0 aliphatic rings. The molecule has 0 aromatic rings. The van der Waals surface area contributed by atoms with Crippen LogP contribution >= 0.6 is 0 Å². The van der Waals surface area contributed by atoms with Crippen LogP contribution in [-0.2, 0) is 9.22 Å². The van der Waals surface area contributed by atoms with Crippen LogP contribution in [0, 0.1) is 5.41 Å². The fourth-order valence-corrected chi connectivity index (χ4v) is 2.43. The highest BCUT2D eigenvalue weighted by Crippen LogP contribution is 2.37. The summed E-state index contributed by atoms with van der Waals surface area (Å²) >= 11 is 0. The number of hydrogen-bond donors (Lipinski definition) is 1. The minimum Gasteiger partial charge on any atom is -0.478 e. The maximum atomic E-state index is 10.4. The van der Waals surface area contributed by atoms with Gasteiger partial charge in [-0.25, -0.2) is 4.79 Å². The summed E-state index contributed by atoms with van der Waals surface area (Å²) < 4.78 is 6.16. The van der Waals surface area contributed by atoms with Gasteiger partial charge in [0.2, 0.25) is 0 Å². The number of aliphatic carboxylic acids is 1. The van der Waals surface area contributed by atoms with Gasteiger partial charge in [0.1, 0.15) is 0 Å². The molecule has 0 unspecified atom stereocenters. The molecule has 0 heterocycles. The standard InChI is InChI=1S/C15H30O3Si/c1-14(2,3)19(6,7)18-12-11-15(4,5)10-8-9-13(16)17/h8-9H,10-12H2,1-7H3,(H,16,17)/b9-8+. The van der Waals surface area contributed by atoms with Crippen LogP contribution in [0.5, 0.6) is 0 Å². The zero-order chi connectivity index (χ0) is 15.3. The third kappa shape index (κ3) is 7.53. The minimum atomic E-state index is -1.67. The molecule has 112 valence electrons. The average Bonchev–Trinajstić information content (AvgIpc) is 2.13. The predicted octanol–water partition coefficient (Wildman–Crippen LogP) is 4.46. The maximum Gasteiger partial charge on any atom is 0.327 e. The zero-order valence-corrected chi connectivity index (χ0v) is 14.5. The van der Waals surface area contributed by atoms with Crippen molar-refractivity contribution in [1.82, 2.24) is 0 Å². The lowest BCUT2D eigenvalue weighted by molar-refractivity contribution is -0.131. The number of allylic oxidation sites excluding steroid dienone is 1. The lowest BCUT2D eigenvalue weighted by Gasteiger charge is -2.37. The van der Waals surface area contributed by atoms with Crippen LogP contribution in [0.3, 0.4) is 0 Å². The van der Waals surface area contributed by atoms with Crippen LogP contribution in [-0.4, -0.2) is 26.0 Å². The van der Waals surface area contributed by atoms with Crippen LogP contribution in [0.25, 0.3) is 0 Å². The van der Waals surface area contributed by atoms with Gasteiger partial charge in [-0.05, 0) is 36.4 Å². The molecular weight excluding hydrogens is 256 g/mol. The van der Waals surface area contributed by atoms with Crippen LogP contribution in [0.4, 0.5) is 0 Å². The molecule has 0 amide bonds. The summed E-state index contributed by atoms with van der Waals surface area (Å²) in [5.74, 6) is -0.881. The van der Waals surface area contributed by atoms with Crippen LogP contribution in [0.15, 0.2) is 12.2 Å². The summed E-state index contributed by atoms with van der Waals surface area (Å²) in [6.45, 7) is 16.3. The molecule has 0 saturated carbocycles. The SMILES string of the molecule is CC(C)(C/C=C/C(=O)O)CCO[Si](C)(C)C(C)(C)C. The van der Waals surface area contributed by atoms with E-state index in [4.69, 9.17) is 9.53 Å². The van der Waals surface area contributed by atoms with Gasteiger partial charge < -0.3 is 9.53 Å². The van der Waals surface area contributed by atoms with E-state index in [1.807, 2.05) is 0 Å². The summed E-state index contributed by atoms with van der Waals surface area (Å²) in [5, 5.41) is 8.81. The number of carboxylic acids is 1. The molecule has 0 fully saturated rings. The smallest absolute Gasteiger partial charge is 0.327 e. The van der Waals surface area contributed by atoms with E-state index in [1.165, 1.54) is 6.08 Å². The molecule has 0 bridgehead atoms. The molecule has 0 atom stereocenters. The molecule has 0 aliphatic heterocycles. The second-order valence-electron chi connectivity index (χ2n) is 7.47. The van der Waals surface area contributed by atoms with E-state index in [2.05, 4.69) is 47.7 Å². The van der Waals surface area contributed by atoms with Crippen LogP contribution in [0.2, 0.25) is 18.1 Å². The normalized spacial score (nSPS) is 14.1. The van der Waals surface area contributed by atoms with Crippen molar-refractivity contribution in [2.45, 2.75) is 65.6 Å². The quantitative estimate of drug-likeness (QED) is 0.555. The van der Waals surface area contributed by atoms with Gasteiger partial charge in [0.15, 0.2) is 8.32 Å². The van der Waals surface area contributed by atoms with Crippen LogP contribution < -0.4 is 0 Å². The second kappa shape index (κ2) is 6.71. The molecule has 19 heavy (non-hydrogen) atoms. The van der Waals surface area contributed by atoms with Gasteiger partial charge in [0, 0.05) is 12.7 Å². The highest BCUT2D eigenvalue weighted by Gasteiger charge is 2.37. The van der Waals surface area contributed by atoms with E-state index in [9.17, 15) is 4.79 Å². The molecule has 0 aromatic carbocycles.